The van der Waals surface area contributed by atoms with Crippen LogP contribution in [0, 0.1) is 0 Å². The molecule has 0 aliphatic carbocycles. The van der Waals surface area contributed by atoms with E-state index in [-0.39, 0.29) is 18.0 Å². The molecule has 2 heterocycles. The van der Waals surface area contributed by atoms with Crippen LogP contribution in [0.4, 0.5) is 0 Å². The van der Waals surface area contributed by atoms with Crippen LogP contribution in [0.1, 0.15) is 18.3 Å². The second-order valence-corrected chi connectivity index (χ2v) is 7.86. The van der Waals surface area contributed by atoms with Gasteiger partial charge in [0, 0.05) is 18.7 Å². The molecule has 1 aliphatic heterocycles. The molecule has 0 saturated heterocycles. The zero-order valence-corrected chi connectivity index (χ0v) is 19.8. The summed E-state index contributed by atoms with van der Waals surface area (Å²) in [6.45, 7) is 3.27. The van der Waals surface area contributed by atoms with E-state index in [0.717, 1.165) is 0 Å². The molecule has 0 fully saturated rings. The number of carbonyl (C=O) groups excluding carboxylic acids is 1. The summed E-state index contributed by atoms with van der Waals surface area (Å²) in [5.74, 6) is 2.06. The monoisotopic (exact) mass is 485 g/mol. The minimum absolute atomic E-state index is 0.126. The molecule has 10 heteroatoms. The number of benzene rings is 2. The zero-order chi connectivity index (χ0) is 24.2. The van der Waals surface area contributed by atoms with Gasteiger partial charge in [0.15, 0.2) is 23.0 Å². The van der Waals surface area contributed by atoms with Crippen LogP contribution in [0.5, 0.6) is 23.0 Å². The van der Waals surface area contributed by atoms with E-state index in [2.05, 4.69) is 9.97 Å². The van der Waals surface area contributed by atoms with Crippen LogP contribution in [0.2, 0.25) is 5.02 Å². The number of hydrogen-bond donors (Lipinski definition) is 1. The highest BCUT2D eigenvalue weighted by Gasteiger charge is 2.17. The Labute approximate surface area is 200 Å². The lowest BCUT2D eigenvalue weighted by Crippen LogP contribution is -2.30. The maximum atomic E-state index is 12.9. The summed E-state index contributed by atoms with van der Waals surface area (Å²) >= 11 is 6.27. The number of rotatable bonds is 7. The summed E-state index contributed by atoms with van der Waals surface area (Å²) in [5, 5.41) is 0.785. The molecule has 0 saturated carbocycles. The first-order chi connectivity index (χ1) is 16.4. The largest absolute Gasteiger partial charge is 0.493 e. The van der Waals surface area contributed by atoms with E-state index in [0.29, 0.717) is 70.1 Å². The van der Waals surface area contributed by atoms with Crippen molar-refractivity contribution in [3.8, 4) is 23.0 Å². The number of nitrogens with one attached hydrogen (secondary N) is 1. The van der Waals surface area contributed by atoms with Crippen LogP contribution >= 0.6 is 11.6 Å². The van der Waals surface area contributed by atoms with Crippen molar-refractivity contribution in [1.82, 2.24) is 14.9 Å². The number of methoxy groups -OCH3 is 2. The Kier molecular flexibility index (Phi) is 6.93. The van der Waals surface area contributed by atoms with E-state index >= 15 is 0 Å². The van der Waals surface area contributed by atoms with Crippen LogP contribution in [0.25, 0.3) is 17.0 Å². The summed E-state index contributed by atoms with van der Waals surface area (Å²) in [4.78, 5) is 34.3. The van der Waals surface area contributed by atoms with Crippen molar-refractivity contribution in [2.45, 2.75) is 13.5 Å². The van der Waals surface area contributed by atoms with Crippen LogP contribution in [-0.4, -0.2) is 54.8 Å². The number of likely N-dealkylation sites (N-methyl/N-ethyl adjacent to an activating group) is 1. The molecule has 1 N–H and O–H groups in total. The van der Waals surface area contributed by atoms with Crippen LogP contribution in [-0.2, 0) is 11.3 Å². The normalized spacial score (nSPS) is 12.7. The zero-order valence-electron chi connectivity index (χ0n) is 19.0. The SMILES string of the molecule is CCN(Cc1nc2cc(OC)c(OC)cc2c(=O)[nH]1)C(=O)C=Cc1cc(Cl)c2c(c1)OCCO2. The van der Waals surface area contributed by atoms with Gasteiger partial charge in [0.1, 0.15) is 19.0 Å². The molecule has 0 spiro atoms. The second kappa shape index (κ2) is 10.0. The number of hydrogen-bond acceptors (Lipinski definition) is 7. The first kappa shape index (κ1) is 23.4. The fourth-order valence-corrected chi connectivity index (χ4v) is 3.89. The predicted octanol–water partition coefficient (Wildman–Crippen LogP) is 3.43. The Morgan fingerprint density at radius 2 is 1.91 bits per heavy atom. The van der Waals surface area contributed by atoms with Crippen LogP contribution in [0.15, 0.2) is 35.1 Å². The van der Waals surface area contributed by atoms with E-state index < -0.39 is 0 Å². The Morgan fingerprint density at radius 3 is 2.65 bits per heavy atom. The Hall–Kier alpha value is -3.72. The number of aromatic amines is 1. The highest BCUT2D eigenvalue weighted by Crippen LogP contribution is 2.38. The van der Waals surface area contributed by atoms with Gasteiger partial charge in [-0.15, -0.1) is 0 Å². The third-order valence-electron chi connectivity index (χ3n) is 5.33. The van der Waals surface area contributed by atoms with Gasteiger partial charge in [0.25, 0.3) is 5.56 Å². The van der Waals surface area contributed by atoms with Crippen molar-refractivity contribution >= 4 is 34.5 Å². The molecular weight excluding hydrogens is 462 g/mol. The van der Waals surface area contributed by atoms with Gasteiger partial charge in [-0.05, 0) is 36.8 Å². The molecule has 2 aromatic carbocycles. The van der Waals surface area contributed by atoms with Crippen molar-refractivity contribution in [3.05, 3.63) is 57.1 Å². The minimum Gasteiger partial charge on any atom is -0.493 e. The highest BCUT2D eigenvalue weighted by molar-refractivity contribution is 6.32. The highest BCUT2D eigenvalue weighted by atomic mass is 35.5. The quantitative estimate of drug-likeness (QED) is 0.511. The lowest BCUT2D eigenvalue weighted by atomic mass is 10.1. The molecule has 4 rings (SSSR count). The van der Waals surface area contributed by atoms with E-state index in [1.54, 1.807) is 35.2 Å². The van der Waals surface area contributed by atoms with Crippen molar-refractivity contribution in [1.29, 1.82) is 0 Å². The van der Waals surface area contributed by atoms with Crippen LogP contribution in [0.3, 0.4) is 0 Å². The van der Waals surface area contributed by atoms with E-state index in [4.69, 9.17) is 30.5 Å². The molecule has 9 nitrogen and oxygen atoms in total. The number of carbonyl (C=O) groups is 1. The summed E-state index contributed by atoms with van der Waals surface area (Å²) in [6.07, 6.45) is 3.10. The molecule has 3 aromatic rings. The molecule has 0 unspecified atom stereocenters. The summed E-state index contributed by atoms with van der Waals surface area (Å²) in [7, 11) is 3.01. The molecular formula is C24H24ClN3O6. The number of halogens is 1. The van der Waals surface area contributed by atoms with Gasteiger partial charge < -0.3 is 28.8 Å². The number of nitrogens with zero attached hydrogens (tertiary/aromatic N) is 2. The standard InChI is InChI=1S/C24H24ClN3O6/c1-4-28(22(29)6-5-14-9-16(25)23-20(10-14)33-7-8-34-23)13-21-26-17-12-19(32-3)18(31-2)11-15(17)24(30)27-21/h5-6,9-12H,4,7-8,13H2,1-3H3,(H,26,27,30). The average molecular weight is 486 g/mol. The number of fused-ring (bicyclic) bond motifs is 2. The first-order valence-electron chi connectivity index (χ1n) is 10.6. The van der Waals surface area contributed by atoms with Crippen molar-refractivity contribution in [3.63, 3.8) is 0 Å². The molecule has 34 heavy (non-hydrogen) atoms. The summed E-state index contributed by atoms with van der Waals surface area (Å²) in [6, 6.07) is 6.69. The average Bonchev–Trinajstić information content (AvgIpc) is 2.85. The van der Waals surface area contributed by atoms with Crippen LogP contribution < -0.4 is 24.5 Å². The van der Waals surface area contributed by atoms with Gasteiger partial charge >= 0.3 is 0 Å². The molecule has 1 aromatic heterocycles. The van der Waals surface area contributed by atoms with E-state index in [1.165, 1.54) is 20.3 Å². The lowest BCUT2D eigenvalue weighted by molar-refractivity contribution is -0.126. The first-order valence-corrected chi connectivity index (χ1v) is 11.0. The maximum absolute atomic E-state index is 12.9. The number of amides is 1. The molecule has 1 aliphatic rings. The number of aromatic nitrogens is 2. The Bertz CT molecular complexity index is 1320. The van der Waals surface area contributed by atoms with Gasteiger partial charge in [-0.2, -0.15) is 0 Å². The Balaban J connectivity index is 1.55. The minimum atomic E-state index is -0.328. The van der Waals surface area contributed by atoms with E-state index in [1.807, 2.05) is 6.92 Å². The molecule has 0 radical (unpaired) electrons. The van der Waals surface area contributed by atoms with Gasteiger partial charge in [0.05, 0.1) is 36.7 Å². The third kappa shape index (κ3) is 4.79. The molecule has 1 amide bonds. The summed E-state index contributed by atoms with van der Waals surface area (Å²) in [5.41, 5.74) is 0.823. The fourth-order valence-electron chi connectivity index (χ4n) is 3.62. The van der Waals surface area contributed by atoms with Gasteiger partial charge in [-0.1, -0.05) is 11.6 Å². The van der Waals surface area contributed by atoms with Crippen molar-refractivity contribution < 1.29 is 23.7 Å². The summed E-state index contributed by atoms with van der Waals surface area (Å²) < 4.78 is 21.7. The van der Waals surface area contributed by atoms with Gasteiger partial charge in [0.2, 0.25) is 5.91 Å². The molecule has 0 atom stereocenters. The lowest BCUT2D eigenvalue weighted by Gasteiger charge is -2.20. The fraction of sp³-hybridized carbons (Fsp3) is 0.292. The topological polar surface area (TPSA) is 103 Å². The third-order valence-corrected chi connectivity index (χ3v) is 5.61. The number of H-pyrrole nitrogens is 1. The molecule has 0 bridgehead atoms. The van der Waals surface area contributed by atoms with Crippen molar-refractivity contribution in [2.24, 2.45) is 0 Å². The van der Waals surface area contributed by atoms with E-state index in [9.17, 15) is 9.59 Å². The van der Waals surface area contributed by atoms with Gasteiger partial charge in [-0.25, -0.2) is 4.98 Å². The maximum Gasteiger partial charge on any atom is 0.258 e. The smallest absolute Gasteiger partial charge is 0.258 e. The Morgan fingerprint density at radius 1 is 1.18 bits per heavy atom. The number of ether oxygens (including phenoxy) is 4. The second-order valence-electron chi connectivity index (χ2n) is 7.45. The predicted molar refractivity (Wildman–Crippen MR) is 128 cm³/mol. The van der Waals surface area contributed by atoms with Gasteiger partial charge in [-0.3, -0.25) is 9.59 Å². The molecule has 178 valence electrons. The van der Waals surface area contributed by atoms with Crippen molar-refractivity contribution in [2.75, 3.05) is 34.0 Å².